The smallest absolute Gasteiger partial charge is 0.131 e. The van der Waals surface area contributed by atoms with Crippen molar-refractivity contribution in [3.05, 3.63) is 391 Å². The molecule has 0 bridgehead atoms. The molecular formula is C120H136F2. The van der Waals surface area contributed by atoms with Crippen LogP contribution in [0.1, 0.15) is 225 Å². The van der Waals surface area contributed by atoms with Gasteiger partial charge in [-0.25, -0.2) is 8.78 Å². The van der Waals surface area contributed by atoms with Crippen LogP contribution in [0.5, 0.6) is 0 Å². The molecule has 14 aromatic rings. The lowest BCUT2D eigenvalue weighted by Gasteiger charge is -2.16. The summed E-state index contributed by atoms with van der Waals surface area (Å²) < 4.78 is 29.8. The van der Waals surface area contributed by atoms with Crippen LogP contribution in [0.15, 0.2) is 279 Å². The van der Waals surface area contributed by atoms with Crippen molar-refractivity contribution in [3.8, 4) is 100 Å². The third kappa shape index (κ3) is 23.8. The monoisotopic (exact) mass is 1620 g/mol. The van der Waals surface area contributed by atoms with Gasteiger partial charge in [0.2, 0.25) is 0 Å². The molecule has 0 saturated carbocycles. The Bertz CT molecular complexity index is 5500. The van der Waals surface area contributed by atoms with E-state index in [0.29, 0.717) is 11.1 Å². The van der Waals surface area contributed by atoms with Crippen molar-refractivity contribution in [3.63, 3.8) is 0 Å². The highest BCUT2D eigenvalue weighted by Gasteiger charge is 2.18. The fourth-order valence-electron chi connectivity index (χ4n) is 16.9. The minimum Gasteiger partial charge on any atom is -0.206 e. The second kappa shape index (κ2) is 46.8. The molecule has 0 atom stereocenters. The van der Waals surface area contributed by atoms with E-state index in [2.05, 4.69) is 355 Å². The van der Waals surface area contributed by atoms with Gasteiger partial charge in [-0.05, 0) is 323 Å². The molecule has 0 N–H and O–H groups in total. The molecule has 14 aromatic carbocycles. The Morgan fingerprint density at radius 1 is 0.123 bits per heavy atom. The maximum Gasteiger partial charge on any atom is 0.131 e. The van der Waals surface area contributed by atoms with E-state index in [1.165, 1.54) is 156 Å². The third-order valence-corrected chi connectivity index (χ3v) is 25.0. The molecule has 0 radical (unpaired) electrons. The molecule has 630 valence electrons. The topological polar surface area (TPSA) is 0 Å². The quantitative estimate of drug-likeness (QED) is 0.0481. The van der Waals surface area contributed by atoms with Crippen LogP contribution in [0, 0.1) is 11.6 Å². The SMILES string of the molecule is CCc1ccc(-c2cc(CC)c(-c3ccc(CC)cc3)cc2CC)cc1.CCc1ccc(-c2cc(CC)c(-c3ccc(CC)cc3)cc2F)cc1.CCc1ccc(-c2ccc(-c3ccc(CC)c(CC)c3)c(F)c2)cc1CC.CCc1ccc(-c2ccc(-c3ccc(CC)cc3)c(CC)c2)cc1.CCc1ccc(-c2ccc(CC)c(CC)c2)cc1CC. The van der Waals surface area contributed by atoms with Gasteiger partial charge < -0.3 is 0 Å². The summed E-state index contributed by atoms with van der Waals surface area (Å²) in [5.41, 5.74) is 45.8. The molecule has 0 spiro atoms. The molecule has 0 aliphatic rings. The van der Waals surface area contributed by atoms with Crippen LogP contribution in [0.3, 0.4) is 0 Å². The number of hydrogen-bond donors (Lipinski definition) is 0. The van der Waals surface area contributed by atoms with Gasteiger partial charge in [-0.3, -0.25) is 0 Å². The first kappa shape index (κ1) is 93.2. The summed E-state index contributed by atoms with van der Waals surface area (Å²) in [6.45, 7) is 39.6. The highest BCUT2D eigenvalue weighted by molar-refractivity contribution is 5.80. The Hall–Kier alpha value is -11.1. The minimum absolute atomic E-state index is 0.156. The van der Waals surface area contributed by atoms with Crippen LogP contribution in [-0.4, -0.2) is 0 Å². The van der Waals surface area contributed by atoms with Crippen molar-refractivity contribution < 1.29 is 8.78 Å². The zero-order valence-electron chi connectivity index (χ0n) is 77.0. The molecule has 0 fully saturated rings. The molecule has 14 rings (SSSR count). The van der Waals surface area contributed by atoms with Crippen molar-refractivity contribution in [2.75, 3.05) is 0 Å². The predicted molar refractivity (Wildman–Crippen MR) is 530 cm³/mol. The summed E-state index contributed by atoms with van der Waals surface area (Å²) in [6, 6.07) is 101. The van der Waals surface area contributed by atoms with E-state index in [1.807, 2.05) is 36.4 Å². The Morgan fingerprint density at radius 3 is 0.598 bits per heavy atom. The Kier molecular flexibility index (Phi) is 35.8. The summed E-state index contributed by atoms with van der Waals surface area (Å²) in [5, 5.41) is 0. The molecule has 0 aliphatic heterocycles. The van der Waals surface area contributed by atoms with Crippen molar-refractivity contribution in [2.24, 2.45) is 0 Å². The molecular weight excluding hydrogens is 1480 g/mol. The highest BCUT2D eigenvalue weighted by Crippen LogP contribution is 2.38. The zero-order valence-corrected chi connectivity index (χ0v) is 77.0. The van der Waals surface area contributed by atoms with Crippen molar-refractivity contribution in [1.29, 1.82) is 0 Å². The molecule has 0 amide bonds. The minimum atomic E-state index is -0.156. The van der Waals surface area contributed by atoms with E-state index in [4.69, 9.17) is 0 Å². The van der Waals surface area contributed by atoms with Gasteiger partial charge in [-0.15, -0.1) is 0 Å². The van der Waals surface area contributed by atoms with E-state index in [9.17, 15) is 8.78 Å². The normalized spacial score (nSPS) is 10.9. The van der Waals surface area contributed by atoms with Gasteiger partial charge in [0.15, 0.2) is 0 Å². The molecule has 0 aromatic heterocycles. The van der Waals surface area contributed by atoms with Crippen LogP contribution in [0.25, 0.3) is 100 Å². The zero-order chi connectivity index (χ0) is 87.2. The molecule has 0 aliphatic carbocycles. The van der Waals surface area contributed by atoms with E-state index in [1.54, 1.807) is 12.1 Å². The van der Waals surface area contributed by atoms with Gasteiger partial charge in [0.25, 0.3) is 0 Å². The molecule has 0 saturated heterocycles. The van der Waals surface area contributed by atoms with Gasteiger partial charge >= 0.3 is 0 Å². The predicted octanol–water partition coefficient (Wildman–Crippen LogP) is 33.8. The Balaban J connectivity index is 0.000000160. The van der Waals surface area contributed by atoms with Crippen LogP contribution >= 0.6 is 0 Å². The van der Waals surface area contributed by atoms with Gasteiger partial charge in [0, 0.05) is 11.1 Å². The van der Waals surface area contributed by atoms with E-state index in [-0.39, 0.29) is 11.6 Å². The molecule has 0 unspecified atom stereocenters. The van der Waals surface area contributed by atoms with Crippen LogP contribution in [0.4, 0.5) is 8.78 Å². The van der Waals surface area contributed by atoms with Crippen LogP contribution in [-0.2, 0) is 116 Å². The van der Waals surface area contributed by atoms with Crippen molar-refractivity contribution in [1.82, 2.24) is 0 Å². The summed E-state index contributed by atoms with van der Waals surface area (Å²) in [6.07, 6.45) is 18.9. The standard InChI is InChI=1S/C26H29F.C26H30.C24H25F.C24H26.C20H26/c1-5-18-9-11-22(15-20(18)7-3)23-13-14-25(26(27)17-23)24-12-10-19(6-2)21(8-4)16-24;1-5-19-9-13-23(14-10-19)25-17-22(8-4)26(18-21(25)7-3)24-15-11-20(6-2)12-16-24;1-4-17-7-11-20(12-8-17)22-16-24(25)23(15-19(22)6-3)21-13-9-18(5-2)10-14-21;1-4-18-7-11-21(12-8-18)23-15-16-24(20(6-3)17-23)22-13-9-19(5-2)10-14-22;1-5-15-9-11-19(13-17(15)7-3)20-12-10-16(6-2)18(8-4)14-20/h9-17H,5-8H2,1-4H3;9-18H,5-8H2,1-4H3;7-16H,4-6H2,1-3H3;7-17H,4-6H2,1-3H3;9-14H,5-8H2,1-4H3. The fourth-order valence-corrected chi connectivity index (χ4v) is 16.9. The lowest BCUT2D eigenvalue weighted by atomic mass is 9.88. The second-order valence-electron chi connectivity index (χ2n) is 32.2. The van der Waals surface area contributed by atoms with Gasteiger partial charge in [0.05, 0.1) is 0 Å². The number of benzene rings is 14. The van der Waals surface area contributed by atoms with Crippen LogP contribution in [0.2, 0.25) is 0 Å². The average Bonchev–Trinajstić information content (AvgIpc) is 0.827. The highest BCUT2D eigenvalue weighted by atomic mass is 19.1. The van der Waals surface area contributed by atoms with E-state index >= 15 is 0 Å². The van der Waals surface area contributed by atoms with E-state index < -0.39 is 0 Å². The first-order valence-corrected chi connectivity index (χ1v) is 46.4. The maximum absolute atomic E-state index is 15.0. The number of hydrogen-bond acceptors (Lipinski definition) is 0. The van der Waals surface area contributed by atoms with Gasteiger partial charge in [-0.1, -0.05) is 385 Å². The average molecular weight is 1620 g/mol. The summed E-state index contributed by atoms with van der Waals surface area (Å²) in [4.78, 5) is 0. The lowest BCUT2D eigenvalue weighted by Crippen LogP contribution is -1.96. The van der Waals surface area contributed by atoms with E-state index in [0.717, 1.165) is 149 Å². The van der Waals surface area contributed by atoms with Gasteiger partial charge in [-0.2, -0.15) is 0 Å². The largest absolute Gasteiger partial charge is 0.206 e. The number of aryl methyl sites for hydroxylation is 18. The Labute approximate surface area is 735 Å². The van der Waals surface area contributed by atoms with Crippen molar-refractivity contribution >= 4 is 0 Å². The number of halogens is 2. The van der Waals surface area contributed by atoms with Crippen LogP contribution < -0.4 is 0 Å². The molecule has 0 nitrogen and oxygen atoms in total. The first-order chi connectivity index (χ1) is 59.4. The summed E-state index contributed by atoms with van der Waals surface area (Å²) in [7, 11) is 0. The Morgan fingerprint density at radius 2 is 0.311 bits per heavy atom. The number of rotatable bonds is 27. The molecule has 0 heterocycles. The molecule has 122 heavy (non-hydrogen) atoms. The summed E-state index contributed by atoms with van der Waals surface area (Å²) >= 11 is 0. The fraction of sp³-hybridized carbons (Fsp3) is 0.300. The van der Waals surface area contributed by atoms with Crippen molar-refractivity contribution in [2.45, 2.75) is 240 Å². The van der Waals surface area contributed by atoms with Gasteiger partial charge in [0.1, 0.15) is 11.6 Å². The summed E-state index contributed by atoms with van der Waals surface area (Å²) in [5.74, 6) is -0.313. The lowest BCUT2D eigenvalue weighted by molar-refractivity contribution is 0.631. The second-order valence-corrected chi connectivity index (χ2v) is 32.2. The molecule has 2 heteroatoms. The maximum atomic E-state index is 15.0. The first-order valence-electron chi connectivity index (χ1n) is 46.4. The third-order valence-electron chi connectivity index (χ3n) is 25.0.